The summed E-state index contributed by atoms with van der Waals surface area (Å²) in [5.74, 6) is 0.871. The Bertz CT molecular complexity index is 1150. The number of aromatic nitrogens is 2. The third-order valence-corrected chi connectivity index (χ3v) is 5.09. The van der Waals surface area contributed by atoms with Gasteiger partial charge in [0.25, 0.3) is 5.91 Å². The minimum Gasteiger partial charge on any atom is -0.493 e. The number of rotatable bonds is 10. The average Bonchev–Trinajstić information content (AvgIpc) is 3.35. The maximum Gasteiger partial charge on any atom is 0.316 e. The molecule has 35 heavy (non-hydrogen) atoms. The number of carbonyl (C=O) groups excluding carboxylic acids is 2. The number of carbonyl (C=O) groups is 2. The highest BCUT2D eigenvalue weighted by Crippen LogP contribution is 2.31. The quantitative estimate of drug-likeness (QED) is 0.423. The molecule has 0 aliphatic carbocycles. The Morgan fingerprint density at radius 2 is 1.63 bits per heavy atom. The zero-order valence-corrected chi connectivity index (χ0v) is 20.5. The second-order valence-electron chi connectivity index (χ2n) is 8.66. The van der Waals surface area contributed by atoms with Crippen molar-refractivity contribution in [3.8, 4) is 28.6 Å². The number of methoxy groups -OCH3 is 2. The van der Waals surface area contributed by atoms with E-state index in [9.17, 15) is 9.59 Å². The number of nitrogens with zero attached hydrogens (tertiary/aromatic N) is 2. The fraction of sp³-hybridized carbons (Fsp3) is 0.360. The Balaban J connectivity index is 1.41. The fourth-order valence-electron chi connectivity index (χ4n) is 3.11. The molecule has 0 saturated heterocycles. The molecule has 2 amide bonds. The van der Waals surface area contributed by atoms with Gasteiger partial charge >= 0.3 is 11.8 Å². The Kier molecular flexibility index (Phi) is 8.30. The van der Waals surface area contributed by atoms with Crippen molar-refractivity contribution in [2.24, 2.45) is 0 Å². The zero-order chi connectivity index (χ0) is 25.4. The van der Waals surface area contributed by atoms with Crippen LogP contribution in [-0.4, -0.2) is 55.9 Å². The van der Waals surface area contributed by atoms with Gasteiger partial charge in [0.1, 0.15) is 5.75 Å². The third kappa shape index (κ3) is 6.95. The molecule has 1 aromatic heterocycles. The van der Waals surface area contributed by atoms with Gasteiger partial charge in [-0.2, -0.15) is 4.98 Å². The number of nitrogens with one attached hydrogen (secondary N) is 2. The number of hydrogen-bond acceptors (Lipinski definition) is 8. The minimum absolute atomic E-state index is 0.0480. The van der Waals surface area contributed by atoms with Crippen molar-refractivity contribution >= 4 is 11.8 Å². The summed E-state index contributed by atoms with van der Waals surface area (Å²) >= 11 is 0. The highest BCUT2D eigenvalue weighted by atomic mass is 16.5. The molecule has 0 aliphatic rings. The standard InChI is InChI=1S/C25H30N4O6/c1-25(2,3)17-7-9-18(10-8-17)34-15-21(30)26-12-13-27-23(31)24-28-22(29-35-24)16-6-11-19(32-4)20(14-16)33-5/h6-11,14H,12-13,15H2,1-5H3,(H,26,30)(H,27,31). The van der Waals surface area contributed by atoms with Crippen LogP contribution in [0.15, 0.2) is 47.0 Å². The molecule has 10 heteroatoms. The summed E-state index contributed by atoms with van der Waals surface area (Å²) in [5, 5.41) is 9.13. The van der Waals surface area contributed by atoms with Crippen molar-refractivity contribution in [3.63, 3.8) is 0 Å². The summed E-state index contributed by atoms with van der Waals surface area (Å²) in [7, 11) is 3.06. The van der Waals surface area contributed by atoms with E-state index in [4.69, 9.17) is 18.7 Å². The van der Waals surface area contributed by atoms with Gasteiger partial charge in [0.2, 0.25) is 5.82 Å². The molecule has 186 valence electrons. The van der Waals surface area contributed by atoms with Crippen LogP contribution in [0.1, 0.15) is 37.0 Å². The van der Waals surface area contributed by atoms with Gasteiger partial charge in [-0.05, 0) is 41.3 Å². The maximum atomic E-state index is 12.3. The lowest BCUT2D eigenvalue weighted by Gasteiger charge is -2.19. The lowest BCUT2D eigenvalue weighted by atomic mass is 9.87. The van der Waals surface area contributed by atoms with Crippen molar-refractivity contribution in [2.45, 2.75) is 26.2 Å². The molecule has 0 fully saturated rings. The molecule has 2 N–H and O–H groups in total. The highest BCUT2D eigenvalue weighted by Gasteiger charge is 2.17. The molecule has 3 aromatic rings. The molecule has 3 rings (SSSR count). The largest absolute Gasteiger partial charge is 0.493 e. The molecule has 0 bridgehead atoms. The molecular weight excluding hydrogens is 452 g/mol. The number of ether oxygens (including phenoxy) is 3. The minimum atomic E-state index is -0.548. The maximum absolute atomic E-state index is 12.3. The van der Waals surface area contributed by atoms with Gasteiger partial charge in [-0.1, -0.05) is 38.1 Å². The van der Waals surface area contributed by atoms with Crippen molar-refractivity contribution in [1.29, 1.82) is 0 Å². The van der Waals surface area contributed by atoms with E-state index in [1.165, 1.54) is 19.8 Å². The van der Waals surface area contributed by atoms with Gasteiger partial charge in [0.05, 0.1) is 14.2 Å². The molecule has 0 spiro atoms. The second-order valence-corrected chi connectivity index (χ2v) is 8.66. The highest BCUT2D eigenvalue weighted by molar-refractivity contribution is 5.90. The van der Waals surface area contributed by atoms with Gasteiger partial charge in [-0.25, -0.2) is 0 Å². The first kappa shape index (κ1) is 25.5. The van der Waals surface area contributed by atoms with Crippen LogP contribution in [0.4, 0.5) is 0 Å². The second kappa shape index (κ2) is 11.4. The molecule has 1 heterocycles. The van der Waals surface area contributed by atoms with Crippen molar-refractivity contribution < 1.29 is 28.3 Å². The van der Waals surface area contributed by atoms with Crippen LogP contribution in [0.25, 0.3) is 11.4 Å². The summed E-state index contributed by atoms with van der Waals surface area (Å²) in [5.41, 5.74) is 1.83. The van der Waals surface area contributed by atoms with E-state index < -0.39 is 5.91 Å². The van der Waals surface area contributed by atoms with Gasteiger partial charge in [-0.3, -0.25) is 9.59 Å². The summed E-state index contributed by atoms with van der Waals surface area (Å²) in [6.45, 7) is 6.66. The van der Waals surface area contributed by atoms with Gasteiger partial charge in [0, 0.05) is 18.7 Å². The molecule has 0 radical (unpaired) electrons. The summed E-state index contributed by atoms with van der Waals surface area (Å²) in [4.78, 5) is 28.4. The first-order valence-electron chi connectivity index (χ1n) is 11.1. The fourth-order valence-corrected chi connectivity index (χ4v) is 3.11. The van der Waals surface area contributed by atoms with Crippen LogP contribution in [0, 0.1) is 0 Å². The number of benzene rings is 2. The van der Waals surface area contributed by atoms with Crippen molar-refractivity contribution in [1.82, 2.24) is 20.8 Å². The summed E-state index contributed by atoms with van der Waals surface area (Å²) in [6, 6.07) is 12.8. The van der Waals surface area contributed by atoms with Crippen molar-refractivity contribution in [3.05, 3.63) is 53.9 Å². The van der Waals surface area contributed by atoms with E-state index in [1.807, 2.05) is 24.3 Å². The van der Waals surface area contributed by atoms with Crippen LogP contribution in [0.3, 0.4) is 0 Å². The topological polar surface area (TPSA) is 125 Å². The van der Waals surface area contributed by atoms with Crippen LogP contribution in [0.2, 0.25) is 0 Å². The van der Waals surface area contributed by atoms with E-state index in [0.717, 1.165) is 0 Å². The average molecular weight is 483 g/mol. The lowest BCUT2D eigenvalue weighted by molar-refractivity contribution is -0.123. The van der Waals surface area contributed by atoms with E-state index in [-0.39, 0.29) is 42.7 Å². The third-order valence-electron chi connectivity index (χ3n) is 5.09. The SMILES string of the molecule is COc1ccc(-c2noc(C(=O)NCCNC(=O)COc3ccc(C(C)(C)C)cc3)n2)cc1OC. The van der Waals surface area contributed by atoms with Gasteiger partial charge in [0.15, 0.2) is 18.1 Å². The van der Waals surface area contributed by atoms with Crippen LogP contribution in [-0.2, 0) is 10.2 Å². The molecule has 0 unspecified atom stereocenters. The monoisotopic (exact) mass is 482 g/mol. The Morgan fingerprint density at radius 1 is 0.943 bits per heavy atom. The van der Waals surface area contributed by atoms with Crippen LogP contribution >= 0.6 is 0 Å². The molecule has 2 aromatic carbocycles. The Labute approximate surface area is 204 Å². The smallest absolute Gasteiger partial charge is 0.316 e. The first-order valence-corrected chi connectivity index (χ1v) is 11.1. The Morgan fingerprint density at radius 3 is 2.29 bits per heavy atom. The van der Waals surface area contributed by atoms with E-state index in [0.29, 0.717) is 22.8 Å². The summed E-state index contributed by atoms with van der Waals surface area (Å²) < 4.78 is 21.0. The predicted molar refractivity (Wildman–Crippen MR) is 129 cm³/mol. The molecule has 10 nitrogen and oxygen atoms in total. The normalized spacial score (nSPS) is 11.0. The molecule has 0 saturated carbocycles. The van der Waals surface area contributed by atoms with E-state index in [2.05, 4.69) is 41.5 Å². The van der Waals surface area contributed by atoms with Gasteiger partial charge < -0.3 is 29.4 Å². The van der Waals surface area contributed by atoms with Gasteiger partial charge in [-0.15, -0.1) is 0 Å². The first-order chi connectivity index (χ1) is 16.7. The number of hydrogen-bond donors (Lipinski definition) is 2. The zero-order valence-electron chi connectivity index (χ0n) is 20.5. The van der Waals surface area contributed by atoms with Crippen LogP contribution < -0.4 is 24.8 Å². The molecule has 0 aliphatic heterocycles. The van der Waals surface area contributed by atoms with E-state index >= 15 is 0 Å². The predicted octanol–water partition coefficient (Wildman–Crippen LogP) is 2.98. The molecular formula is C25H30N4O6. The number of amides is 2. The molecule has 0 atom stereocenters. The van der Waals surface area contributed by atoms with E-state index in [1.54, 1.807) is 18.2 Å². The lowest BCUT2D eigenvalue weighted by Crippen LogP contribution is -2.36. The van der Waals surface area contributed by atoms with Crippen molar-refractivity contribution in [2.75, 3.05) is 33.9 Å². The van der Waals surface area contributed by atoms with Crippen LogP contribution in [0.5, 0.6) is 17.2 Å². The summed E-state index contributed by atoms with van der Waals surface area (Å²) in [6.07, 6.45) is 0. The Hall–Kier alpha value is -4.08.